The van der Waals surface area contributed by atoms with Crippen LogP contribution in [0.25, 0.3) is 0 Å². The number of rotatable bonds is 3. The van der Waals surface area contributed by atoms with Crippen molar-refractivity contribution in [2.75, 3.05) is 16.8 Å². The molecule has 1 aliphatic heterocycles. The fourth-order valence-electron chi connectivity index (χ4n) is 3.25. The number of nitrogens with one attached hydrogen (secondary N) is 1. The Labute approximate surface area is 154 Å². The number of aliphatic hydroxyl groups is 1. The number of alkyl halides is 3. The molecule has 0 aliphatic carbocycles. The average molecular weight is 379 g/mol. The van der Waals surface area contributed by atoms with E-state index in [1.807, 2.05) is 13.0 Å². The van der Waals surface area contributed by atoms with Gasteiger partial charge in [-0.2, -0.15) is 13.2 Å². The highest BCUT2D eigenvalue weighted by molar-refractivity contribution is 5.97. The number of carbonyl (C=O) groups excluding carboxylic acids is 1. The van der Waals surface area contributed by atoms with Crippen LogP contribution in [0.5, 0.6) is 0 Å². The zero-order chi connectivity index (χ0) is 19.8. The predicted molar refractivity (Wildman–Crippen MR) is 95.5 cm³/mol. The van der Waals surface area contributed by atoms with Gasteiger partial charge in [-0.25, -0.2) is 4.98 Å². The first kappa shape index (κ1) is 19.2. The van der Waals surface area contributed by atoms with Crippen LogP contribution in [0, 0.1) is 13.8 Å². The minimum absolute atomic E-state index is 0.0308. The van der Waals surface area contributed by atoms with E-state index in [1.165, 1.54) is 11.8 Å². The summed E-state index contributed by atoms with van der Waals surface area (Å²) < 4.78 is 39.4. The van der Waals surface area contributed by atoms with E-state index in [0.717, 1.165) is 17.7 Å². The van der Waals surface area contributed by atoms with Gasteiger partial charge in [0.1, 0.15) is 11.9 Å². The van der Waals surface area contributed by atoms with Crippen LogP contribution in [-0.2, 0) is 11.0 Å². The quantitative estimate of drug-likeness (QED) is 0.859. The molecular formula is C19H20F3N3O2. The zero-order valence-electron chi connectivity index (χ0n) is 14.9. The van der Waals surface area contributed by atoms with Crippen LogP contribution in [0.2, 0.25) is 0 Å². The number of halogens is 3. The number of nitrogens with zero attached hydrogens (tertiary/aromatic N) is 2. The van der Waals surface area contributed by atoms with E-state index in [0.29, 0.717) is 5.69 Å². The Morgan fingerprint density at radius 1 is 1.26 bits per heavy atom. The molecule has 27 heavy (non-hydrogen) atoms. The zero-order valence-corrected chi connectivity index (χ0v) is 14.9. The molecule has 8 heteroatoms. The number of hydrogen-bond donors (Lipinski definition) is 2. The molecule has 0 unspecified atom stereocenters. The fraction of sp³-hybridized carbons (Fsp3) is 0.368. The maximum atomic E-state index is 13.1. The molecule has 144 valence electrons. The number of hydrogen-bond acceptors (Lipinski definition) is 4. The summed E-state index contributed by atoms with van der Waals surface area (Å²) in [6, 6.07) is 8.00. The minimum atomic E-state index is -4.51. The van der Waals surface area contributed by atoms with Gasteiger partial charge in [0.15, 0.2) is 0 Å². The second kappa shape index (κ2) is 7.19. The van der Waals surface area contributed by atoms with Crippen LogP contribution in [0.1, 0.15) is 23.2 Å². The largest absolute Gasteiger partial charge is 0.416 e. The minimum Gasteiger partial charge on any atom is -0.390 e. The Bertz CT molecular complexity index is 854. The number of pyridine rings is 1. The molecule has 1 fully saturated rings. The molecular weight excluding hydrogens is 359 g/mol. The molecule has 1 aromatic heterocycles. The van der Waals surface area contributed by atoms with Crippen molar-refractivity contribution in [1.29, 1.82) is 0 Å². The highest BCUT2D eigenvalue weighted by Gasteiger charge is 2.40. The molecule has 1 amide bonds. The standard InChI is InChI=1S/C19H20F3N3O2/c1-11-4-3-5-14(8-11)24-18(27)17-15(26)6-7-25(17)16-10-13(19(20,21)22)9-12(2)23-16/h3-5,8-10,15,17,26H,6-7H2,1-2H3,(H,24,27)/t15-,17+/m1/s1. The first-order chi connectivity index (χ1) is 12.6. The van der Waals surface area contributed by atoms with Crippen molar-refractivity contribution in [3.8, 4) is 0 Å². The highest BCUT2D eigenvalue weighted by Crippen LogP contribution is 2.33. The summed E-state index contributed by atoms with van der Waals surface area (Å²) >= 11 is 0. The topological polar surface area (TPSA) is 65.5 Å². The van der Waals surface area contributed by atoms with Crippen molar-refractivity contribution in [2.24, 2.45) is 0 Å². The lowest BCUT2D eigenvalue weighted by Gasteiger charge is -2.27. The summed E-state index contributed by atoms with van der Waals surface area (Å²) in [4.78, 5) is 18.3. The molecule has 2 heterocycles. The second-order valence-electron chi connectivity index (χ2n) is 6.71. The van der Waals surface area contributed by atoms with Gasteiger partial charge in [-0.3, -0.25) is 4.79 Å². The Morgan fingerprint density at radius 2 is 2.00 bits per heavy atom. The van der Waals surface area contributed by atoms with Crippen molar-refractivity contribution < 1.29 is 23.1 Å². The third-order valence-electron chi connectivity index (χ3n) is 4.48. The molecule has 2 aromatic rings. The van der Waals surface area contributed by atoms with Crippen LogP contribution in [0.3, 0.4) is 0 Å². The lowest BCUT2D eigenvalue weighted by atomic mass is 10.1. The van der Waals surface area contributed by atoms with Crippen molar-refractivity contribution in [3.05, 3.63) is 53.2 Å². The molecule has 0 bridgehead atoms. The maximum Gasteiger partial charge on any atom is 0.416 e. The van der Waals surface area contributed by atoms with Gasteiger partial charge in [-0.1, -0.05) is 12.1 Å². The Kier molecular flexibility index (Phi) is 5.10. The highest BCUT2D eigenvalue weighted by atomic mass is 19.4. The van der Waals surface area contributed by atoms with Gasteiger partial charge in [0.25, 0.3) is 0 Å². The van der Waals surface area contributed by atoms with E-state index in [1.54, 1.807) is 18.2 Å². The summed E-state index contributed by atoms with van der Waals surface area (Å²) in [6.45, 7) is 3.58. The van der Waals surface area contributed by atoms with E-state index in [-0.39, 0.29) is 24.5 Å². The Hall–Kier alpha value is -2.61. The first-order valence-corrected chi connectivity index (χ1v) is 8.53. The van der Waals surface area contributed by atoms with Crippen molar-refractivity contribution in [3.63, 3.8) is 0 Å². The number of aryl methyl sites for hydroxylation is 2. The van der Waals surface area contributed by atoms with E-state index < -0.39 is 29.8 Å². The third-order valence-corrected chi connectivity index (χ3v) is 4.48. The smallest absolute Gasteiger partial charge is 0.390 e. The normalized spacial score (nSPS) is 20.0. The van der Waals surface area contributed by atoms with Gasteiger partial charge in [-0.15, -0.1) is 0 Å². The maximum absolute atomic E-state index is 13.1. The van der Waals surface area contributed by atoms with E-state index in [2.05, 4.69) is 10.3 Å². The van der Waals surface area contributed by atoms with Crippen molar-refractivity contribution in [2.45, 2.75) is 38.6 Å². The predicted octanol–water partition coefficient (Wildman–Crippen LogP) is 3.30. The molecule has 0 radical (unpaired) electrons. The van der Waals surface area contributed by atoms with Crippen LogP contribution in [-0.4, -0.2) is 34.7 Å². The molecule has 5 nitrogen and oxygen atoms in total. The van der Waals surface area contributed by atoms with Gasteiger partial charge in [-0.05, 0) is 50.1 Å². The van der Waals surface area contributed by atoms with Crippen LogP contribution in [0.4, 0.5) is 24.7 Å². The molecule has 2 N–H and O–H groups in total. The molecule has 0 spiro atoms. The molecule has 2 atom stereocenters. The summed E-state index contributed by atoms with van der Waals surface area (Å²) in [5.41, 5.74) is 0.877. The summed E-state index contributed by atoms with van der Waals surface area (Å²) in [7, 11) is 0. The first-order valence-electron chi connectivity index (χ1n) is 8.53. The van der Waals surface area contributed by atoms with E-state index in [4.69, 9.17) is 0 Å². The van der Waals surface area contributed by atoms with Gasteiger partial charge < -0.3 is 15.3 Å². The number of anilines is 2. The summed E-state index contributed by atoms with van der Waals surface area (Å²) in [5, 5.41) is 13.0. The Morgan fingerprint density at radius 3 is 2.67 bits per heavy atom. The third kappa shape index (κ3) is 4.21. The van der Waals surface area contributed by atoms with Gasteiger partial charge >= 0.3 is 6.18 Å². The van der Waals surface area contributed by atoms with Crippen molar-refractivity contribution >= 4 is 17.4 Å². The lowest BCUT2D eigenvalue weighted by molar-refractivity contribution is -0.137. The van der Waals surface area contributed by atoms with Crippen LogP contribution in [0.15, 0.2) is 36.4 Å². The SMILES string of the molecule is Cc1cccc(NC(=O)[C@@H]2[C@H](O)CCN2c2cc(C(F)(F)F)cc(C)n2)c1. The average Bonchev–Trinajstić information content (AvgIpc) is 2.95. The van der Waals surface area contributed by atoms with E-state index in [9.17, 15) is 23.1 Å². The second-order valence-corrected chi connectivity index (χ2v) is 6.71. The summed E-state index contributed by atoms with van der Waals surface area (Å²) in [6.07, 6.45) is -5.24. The summed E-state index contributed by atoms with van der Waals surface area (Å²) in [5.74, 6) is -0.453. The number of amides is 1. The van der Waals surface area contributed by atoms with Crippen LogP contribution >= 0.6 is 0 Å². The van der Waals surface area contributed by atoms with Gasteiger partial charge in [0.2, 0.25) is 5.91 Å². The molecule has 1 saturated heterocycles. The number of carbonyl (C=O) groups is 1. The molecule has 3 rings (SSSR count). The van der Waals surface area contributed by atoms with Crippen LogP contribution < -0.4 is 10.2 Å². The molecule has 1 aliphatic rings. The number of benzene rings is 1. The fourth-order valence-corrected chi connectivity index (χ4v) is 3.25. The van der Waals surface area contributed by atoms with Gasteiger partial charge in [0, 0.05) is 17.9 Å². The number of aliphatic hydroxyl groups excluding tert-OH is 1. The van der Waals surface area contributed by atoms with Gasteiger partial charge in [0.05, 0.1) is 11.7 Å². The molecule has 0 saturated carbocycles. The molecule has 1 aromatic carbocycles. The van der Waals surface area contributed by atoms with Crippen molar-refractivity contribution in [1.82, 2.24) is 4.98 Å². The van der Waals surface area contributed by atoms with E-state index >= 15 is 0 Å². The number of aromatic nitrogens is 1. The lowest BCUT2D eigenvalue weighted by Crippen LogP contribution is -2.45. The monoisotopic (exact) mass is 379 g/mol. The Balaban J connectivity index is 1.89.